The van der Waals surface area contributed by atoms with Gasteiger partial charge in [0.2, 0.25) is 0 Å². The Balaban J connectivity index is 2.15. The average molecular weight is 279 g/mol. The highest BCUT2D eigenvalue weighted by molar-refractivity contribution is 7.09. The van der Waals surface area contributed by atoms with Gasteiger partial charge in [-0.2, -0.15) is 0 Å². The minimum Gasteiger partial charge on any atom is -0.464 e. The van der Waals surface area contributed by atoms with Crippen molar-refractivity contribution in [2.45, 2.75) is 32.7 Å². The van der Waals surface area contributed by atoms with Crippen LogP contribution < -0.4 is 0 Å². The molecule has 0 saturated heterocycles. The molecule has 0 atom stereocenters. The molecule has 2 aromatic heterocycles. The fourth-order valence-electron chi connectivity index (χ4n) is 1.92. The van der Waals surface area contributed by atoms with Crippen LogP contribution in [0.5, 0.6) is 0 Å². The topological polar surface area (TPSA) is 57.0 Å². The summed E-state index contributed by atoms with van der Waals surface area (Å²) in [6.45, 7) is 2.80. The van der Waals surface area contributed by atoms with Gasteiger partial charge in [-0.05, 0) is 17.9 Å². The van der Waals surface area contributed by atoms with E-state index in [4.69, 9.17) is 4.74 Å². The average Bonchev–Trinajstić information content (AvgIpc) is 3.05. The molecule has 0 fully saturated rings. The van der Waals surface area contributed by atoms with Gasteiger partial charge >= 0.3 is 5.97 Å². The predicted octanol–water partition coefficient (Wildman–Crippen LogP) is 2.32. The Kier molecular flexibility index (Phi) is 4.68. The fraction of sp³-hybridized carbons (Fsp3) is 0.462. The number of hydrogen-bond donors (Lipinski definition) is 0. The lowest BCUT2D eigenvalue weighted by atomic mass is 10.2. The van der Waals surface area contributed by atoms with Crippen molar-refractivity contribution in [2.24, 2.45) is 0 Å². The molecule has 0 aliphatic heterocycles. The van der Waals surface area contributed by atoms with Gasteiger partial charge in [0, 0.05) is 17.8 Å². The molecule has 6 heteroatoms. The summed E-state index contributed by atoms with van der Waals surface area (Å²) >= 11 is 1.73. The second-order valence-electron chi connectivity index (χ2n) is 4.18. The number of aromatic nitrogens is 3. The maximum Gasteiger partial charge on any atom is 0.360 e. The number of carbonyl (C=O) groups excluding carboxylic acids is 1. The van der Waals surface area contributed by atoms with Crippen LogP contribution in [0.3, 0.4) is 0 Å². The first-order valence-electron chi connectivity index (χ1n) is 6.29. The molecule has 0 aromatic carbocycles. The molecule has 0 saturated carbocycles. The first kappa shape index (κ1) is 13.7. The van der Waals surface area contributed by atoms with Crippen LogP contribution in [0.2, 0.25) is 0 Å². The van der Waals surface area contributed by atoms with E-state index in [-0.39, 0.29) is 0 Å². The summed E-state index contributed by atoms with van der Waals surface area (Å²) in [5, 5.41) is 10.1. The monoisotopic (exact) mass is 279 g/mol. The van der Waals surface area contributed by atoms with Crippen molar-refractivity contribution in [1.29, 1.82) is 0 Å². The Morgan fingerprint density at radius 3 is 2.95 bits per heavy atom. The van der Waals surface area contributed by atoms with Crippen molar-refractivity contribution in [1.82, 2.24) is 15.0 Å². The number of esters is 1. The lowest BCUT2D eigenvalue weighted by molar-refractivity contribution is 0.0592. The second-order valence-corrected chi connectivity index (χ2v) is 5.21. The zero-order valence-corrected chi connectivity index (χ0v) is 11.9. The first-order valence-corrected chi connectivity index (χ1v) is 7.17. The van der Waals surface area contributed by atoms with Gasteiger partial charge in [0.05, 0.1) is 12.8 Å². The molecule has 0 unspecified atom stereocenters. The Labute approximate surface area is 116 Å². The van der Waals surface area contributed by atoms with E-state index >= 15 is 0 Å². The number of ether oxygens (including phenoxy) is 1. The number of nitrogens with zero attached hydrogens (tertiary/aromatic N) is 3. The molecule has 19 heavy (non-hydrogen) atoms. The zero-order valence-electron chi connectivity index (χ0n) is 11.1. The molecule has 5 nitrogen and oxygen atoms in total. The Bertz CT molecular complexity index is 534. The van der Waals surface area contributed by atoms with Crippen LogP contribution in [0.4, 0.5) is 0 Å². The van der Waals surface area contributed by atoms with Crippen LogP contribution in [0.15, 0.2) is 17.5 Å². The second kappa shape index (κ2) is 6.47. The van der Waals surface area contributed by atoms with Crippen LogP contribution >= 0.6 is 11.3 Å². The van der Waals surface area contributed by atoms with Crippen molar-refractivity contribution in [3.05, 3.63) is 33.8 Å². The van der Waals surface area contributed by atoms with Crippen LogP contribution in [0.1, 0.15) is 34.4 Å². The normalized spacial score (nSPS) is 10.6. The highest BCUT2D eigenvalue weighted by Gasteiger charge is 2.19. The molecule has 0 radical (unpaired) electrons. The van der Waals surface area contributed by atoms with Gasteiger partial charge in [-0.25, -0.2) is 9.48 Å². The summed E-state index contributed by atoms with van der Waals surface area (Å²) in [7, 11) is 1.36. The number of rotatable bonds is 6. The van der Waals surface area contributed by atoms with Crippen LogP contribution in [-0.4, -0.2) is 28.1 Å². The van der Waals surface area contributed by atoms with Gasteiger partial charge in [-0.15, -0.1) is 16.4 Å². The summed E-state index contributed by atoms with van der Waals surface area (Å²) in [4.78, 5) is 12.9. The molecule has 0 bridgehead atoms. The third-order valence-corrected chi connectivity index (χ3v) is 3.79. The van der Waals surface area contributed by atoms with Gasteiger partial charge in [0.1, 0.15) is 0 Å². The van der Waals surface area contributed by atoms with Crippen molar-refractivity contribution in [3.8, 4) is 0 Å². The fourth-order valence-corrected chi connectivity index (χ4v) is 2.62. The van der Waals surface area contributed by atoms with Gasteiger partial charge < -0.3 is 4.74 Å². The molecule has 0 aliphatic carbocycles. The van der Waals surface area contributed by atoms with Crippen molar-refractivity contribution in [3.63, 3.8) is 0 Å². The molecule has 0 spiro atoms. The minimum absolute atomic E-state index is 0.343. The molecular formula is C13H17N3O2S. The number of methoxy groups -OCH3 is 1. The molecule has 102 valence electrons. The molecule has 0 aliphatic rings. The third-order valence-electron chi connectivity index (χ3n) is 2.85. The molecule has 0 amide bonds. The summed E-state index contributed by atoms with van der Waals surface area (Å²) in [6, 6.07) is 4.14. The van der Waals surface area contributed by atoms with E-state index in [9.17, 15) is 4.79 Å². The van der Waals surface area contributed by atoms with Gasteiger partial charge in [-0.1, -0.05) is 24.6 Å². The van der Waals surface area contributed by atoms with E-state index in [0.717, 1.165) is 31.5 Å². The van der Waals surface area contributed by atoms with E-state index in [1.54, 1.807) is 11.3 Å². The minimum atomic E-state index is -0.411. The summed E-state index contributed by atoms with van der Waals surface area (Å²) < 4.78 is 6.55. The van der Waals surface area contributed by atoms with Gasteiger partial charge in [0.15, 0.2) is 5.69 Å². The van der Waals surface area contributed by atoms with Crippen molar-refractivity contribution < 1.29 is 9.53 Å². The van der Waals surface area contributed by atoms with E-state index < -0.39 is 5.97 Å². The quantitative estimate of drug-likeness (QED) is 0.761. The molecule has 2 aromatic rings. The highest BCUT2D eigenvalue weighted by atomic mass is 32.1. The first-order chi connectivity index (χ1) is 9.26. The van der Waals surface area contributed by atoms with E-state index in [1.165, 1.54) is 12.0 Å². The standard InChI is InChI=1S/C13H17N3O2S/c1-3-5-11-12(13(17)18-2)14-15-16(11)8-7-10-6-4-9-19-10/h4,6,9H,3,5,7-8H2,1-2H3. The number of carbonyl (C=O) groups is 1. The number of thiophene rings is 1. The predicted molar refractivity (Wildman–Crippen MR) is 73.4 cm³/mol. The Morgan fingerprint density at radius 1 is 1.47 bits per heavy atom. The summed E-state index contributed by atoms with van der Waals surface area (Å²) in [6.07, 6.45) is 2.62. The maximum absolute atomic E-state index is 11.6. The summed E-state index contributed by atoms with van der Waals surface area (Å²) in [5.74, 6) is -0.411. The van der Waals surface area contributed by atoms with Crippen molar-refractivity contribution in [2.75, 3.05) is 7.11 Å². The van der Waals surface area contributed by atoms with E-state index in [0.29, 0.717) is 5.69 Å². The highest BCUT2D eigenvalue weighted by Crippen LogP contribution is 2.13. The van der Waals surface area contributed by atoms with Crippen molar-refractivity contribution >= 4 is 17.3 Å². The van der Waals surface area contributed by atoms with Gasteiger partial charge in [0.25, 0.3) is 0 Å². The number of aryl methyl sites for hydroxylation is 2. The van der Waals surface area contributed by atoms with Crippen LogP contribution in [0, 0.1) is 0 Å². The number of hydrogen-bond acceptors (Lipinski definition) is 5. The Morgan fingerprint density at radius 2 is 2.32 bits per heavy atom. The smallest absolute Gasteiger partial charge is 0.360 e. The van der Waals surface area contributed by atoms with Crippen LogP contribution in [-0.2, 0) is 24.1 Å². The lowest BCUT2D eigenvalue weighted by Crippen LogP contribution is -2.10. The maximum atomic E-state index is 11.6. The molecule has 0 N–H and O–H groups in total. The Hall–Kier alpha value is -1.69. The van der Waals surface area contributed by atoms with E-state index in [2.05, 4.69) is 28.7 Å². The van der Waals surface area contributed by atoms with Crippen LogP contribution in [0.25, 0.3) is 0 Å². The molecular weight excluding hydrogens is 262 g/mol. The SMILES string of the molecule is CCCc1c(C(=O)OC)nnn1CCc1cccs1. The van der Waals surface area contributed by atoms with E-state index in [1.807, 2.05) is 10.7 Å². The third kappa shape index (κ3) is 3.20. The van der Waals surface area contributed by atoms with Gasteiger partial charge in [-0.3, -0.25) is 0 Å². The lowest BCUT2D eigenvalue weighted by Gasteiger charge is -2.05. The largest absolute Gasteiger partial charge is 0.464 e. The summed E-state index contributed by atoms with van der Waals surface area (Å²) in [5.41, 5.74) is 1.21. The zero-order chi connectivity index (χ0) is 13.7. The molecule has 2 heterocycles. The molecule has 2 rings (SSSR count).